The third-order valence-electron chi connectivity index (χ3n) is 7.14. The van der Waals surface area contributed by atoms with E-state index in [1.165, 1.54) is 49.2 Å². The number of carbonyl (C=O) groups is 1. The van der Waals surface area contributed by atoms with Crippen LogP contribution in [0.25, 0.3) is 21.8 Å². The fraction of sp³-hybridized carbons (Fsp3) is 0.519. The summed E-state index contributed by atoms with van der Waals surface area (Å²) in [6.07, 6.45) is 11.3. The number of thiazole rings is 1. The number of carbonyl (C=O) groups excluding carboxylic acids is 1. The minimum absolute atomic E-state index is 0.00116. The van der Waals surface area contributed by atoms with Crippen molar-refractivity contribution >= 4 is 17.2 Å². The summed E-state index contributed by atoms with van der Waals surface area (Å²) in [7, 11) is 0. The van der Waals surface area contributed by atoms with E-state index in [0.717, 1.165) is 66.4 Å². The molecule has 1 saturated heterocycles. The quantitative estimate of drug-likeness (QED) is 0.420. The van der Waals surface area contributed by atoms with E-state index in [-0.39, 0.29) is 18.1 Å². The van der Waals surface area contributed by atoms with Gasteiger partial charge in [-0.05, 0) is 55.9 Å². The Morgan fingerprint density at radius 2 is 1.83 bits per heavy atom. The number of halogens is 1. The fourth-order valence-corrected chi connectivity index (χ4v) is 5.97. The summed E-state index contributed by atoms with van der Waals surface area (Å²) in [4.78, 5) is 17.3. The molecule has 0 unspecified atom stereocenters. The van der Waals surface area contributed by atoms with Crippen molar-refractivity contribution in [2.75, 3.05) is 19.8 Å². The first kappa shape index (κ1) is 24.1. The van der Waals surface area contributed by atoms with Crippen LogP contribution < -0.4 is 5.32 Å². The summed E-state index contributed by atoms with van der Waals surface area (Å²) in [6.45, 7) is 2.25. The standard InChI is InChI=1S/C27H33FN4O2S/c28-21-9-7-20(8-10-21)26-24(17-30-32(26)23-5-3-1-2-4-6-23)27-31-22(18-35-27)15-25(33)29-16-19-11-13-34-14-12-19/h7-10,17-19,23H,1-6,11-16H2,(H,29,33). The van der Waals surface area contributed by atoms with E-state index in [2.05, 4.69) is 10.00 Å². The molecule has 6 nitrogen and oxygen atoms in total. The van der Waals surface area contributed by atoms with Gasteiger partial charge in [0.2, 0.25) is 5.91 Å². The number of rotatable bonds is 7. The molecule has 0 radical (unpaired) electrons. The van der Waals surface area contributed by atoms with Crippen LogP contribution in [-0.2, 0) is 16.0 Å². The molecule has 3 aromatic rings. The van der Waals surface area contributed by atoms with Gasteiger partial charge in [-0.15, -0.1) is 11.3 Å². The minimum Gasteiger partial charge on any atom is -0.381 e. The zero-order chi connectivity index (χ0) is 24.0. The Kier molecular flexibility index (Phi) is 7.88. The van der Waals surface area contributed by atoms with E-state index < -0.39 is 0 Å². The molecule has 1 amide bonds. The molecule has 8 heteroatoms. The van der Waals surface area contributed by atoms with Gasteiger partial charge in [-0.3, -0.25) is 9.48 Å². The molecule has 1 aliphatic carbocycles. The van der Waals surface area contributed by atoms with Gasteiger partial charge in [-0.1, -0.05) is 25.7 Å². The number of nitrogens with one attached hydrogen (secondary N) is 1. The molecular weight excluding hydrogens is 463 g/mol. The molecule has 0 atom stereocenters. The summed E-state index contributed by atoms with van der Waals surface area (Å²) in [5.41, 5.74) is 3.64. The second kappa shape index (κ2) is 11.4. The third kappa shape index (κ3) is 5.98. The van der Waals surface area contributed by atoms with Crippen molar-refractivity contribution in [3.8, 4) is 21.8 Å². The first-order valence-electron chi connectivity index (χ1n) is 12.8. The second-order valence-corrected chi connectivity index (χ2v) is 10.5. The molecule has 186 valence electrons. The van der Waals surface area contributed by atoms with Gasteiger partial charge < -0.3 is 10.1 Å². The maximum Gasteiger partial charge on any atom is 0.226 e. The highest BCUT2D eigenvalue weighted by molar-refractivity contribution is 7.13. The lowest BCUT2D eigenvalue weighted by Crippen LogP contribution is -2.33. The summed E-state index contributed by atoms with van der Waals surface area (Å²) in [5, 5.41) is 10.7. The monoisotopic (exact) mass is 496 g/mol. The first-order chi connectivity index (χ1) is 17.2. The van der Waals surface area contributed by atoms with Crippen molar-refractivity contribution in [1.82, 2.24) is 20.1 Å². The maximum atomic E-state index is 13.7. The van der Waals surface area contributed by atoms with Crippen LogP contribution in [0.2, 0.25) is 0 Å². The van der Waals surface area contributed by atoms with E-state index in [9.17, 15) is 9.18 Å². The number of ether oxygens (including phenoxy) is 1. The lowest BCUT2D eigenvalue weighted by atomic mass is 10.0. The van der Waals surface area contributed by atoms with Crippen LogP contribution in [0.4, 0.5) is 4.39 Å². The molecule has 35 heavy (non-hydrogen) atoms. The summed E-state index contributed by atoms with van der Waals surface area (Å²) in [5.74, 6) is 0.243. The Morgan fingerprint density at radius 3 is 2.57 bits per heavy atom. The van der Waals surface area contributed by atoms with E-state index >= 15 is 0 Å². The van der Waals surface area contributed by atoms with Crippen LogP contribution in [-0.4, -0.2) is 40.4 Å². The summed E-state index contributed by atoms with van der Waals surface area (Å²) < 4.78 is 21.2. The van der Waals surface area contributed by atoms with Crippen LogP contribution in [0, 0.1) is 11.7 Å². The Hall–Kier alpha value is -2.58. The van der Waals surface area contributed by atoms with Gasteiger partial charge in [0.1, 0.15) is 10.8 Å². The van der Waals surface area contributed by atoms with Crippen molar-refractivity contribution < 1.29 is 13.9 Å². The van der Waals surface area contributed by atoms with Crippen LogP contribution in [0.5, 0.6) is 0 Å². The lowest BCUT2D eigenvalue weighted by Gasteiger charge is -2.22. The summed E-state index contributed by atoms with van der Waals surface area (Å²) >= 11 is 1.53. The number of nitrogens with zero attached hydrogens (tertiary/aromatic N) is 3. The minimum atomic E-state index is -0.251. The number of hydrogen-bond acceptors (Lipinski definition) is 5. The Morgan fingerprint density at radius 1 is 1.09 bits per heavy atom. The molecular formula is C27H33FN4O2S. The lowest BCUT2D eigenvalue weighted by molar-refractivity contribution is -0.120. The average Bonchev–Trinajstić information content (AvgIpc) is 3.43. The number of hydrogen-bond donors (Lipinski definition) is 1. The predicted molar refractivity (Wildman–Crippen MR) is 136 cm³/mol. The Balaban J connectivity index is 1.35. The van der Waals surface area contributed by atoms with E-state index in [4.69, 9.17) is 14.8 Å². The highest BCUT2D eigenvalue weighted by Gasteiger charge is 2.24. The van der Waals surface area contributed by atoms with Gasteiger partial charge in [-0.2, -0.15) is 5.10 Å². The van der Waals surface area contributed by atoms with Gasteiger partial charge in [0.05, 0.1) is 35.6 Å². The molecule has 2 aromatic heterocycles. The van der Waals surface area contributed by atoms with E-state index in [1.54, 1.807) is 0 Å². The van der Waals surface area contributed by atoms with Crippen molar-refractivity contribution in [3.05, 3.63) is 47.4 Å². The SMILES string of the molecule is O=C(Cc1csc(-c2cnn(C3CCCCCC3)c2-c2ccc(F)cc2)n1)NCC1CCOCC1. The van der Waals surface area contributed by atoms with Crippen LogP contribution >= 0.6 is 11.3 Å². The molecule has 1 saturated carbocycles. The van der Waals surface area contributed by atoms with E-state index in [0.29, 0.717) is 18.5 Å². The highest BCUT2D eigenvalue weighted by Crippen LogP contribution is 2.38. The number of amides is 1. The largest absolute Gasteiger partial charge is 0.381 e. The summed E-state index contributed by atoms with van der Waals surface area (Å²) in [6, 6.07) is 6.98. The van der Waals surface area contributed by atoms with Crippen molar-refractivity contribution in [2.45, 2.75) is 63.8 Å². The predicted octanol–water partition coefficient (Wildman–Crippen LogP) is 5.79. The van der Waals surface area contributed by atoms with Crippen LogP contribution in [0.15, 0.2) is 35.8 Å². The van der Waals surface area contributed by atoms with Crippen molar-refractivity contribution in [1.29, 1.82) is 0 Å². The molecule has 1 aliphatic heterocycles. The smallest absolute Gasteiger partial charge is 0.226 e. The van der Waals surface area contributed by atoms with E-state index in [1.807, 2.05) is 23.7 Å². The number of aromatic nitrogens is 3. The van der Waals surface area contributed by atoms with Gasteiger partial charge in [-0.25, -0.2) is 9.37 Å². The zero-order valence-electron chi connectivity index (χ0n) is 20.0. The molecule has 5 rings (SSSR count). The van der Waals surface area contributed by atoms with Gasteiger partial charge in [0.15, 0.2) is 0 Å². The van der Waals surface area contributed by atoms with Crippen LogP contribution in [0.3, 0.4) is 0 Å². The normalized spacial score (nSPS) is 17.9. The average molecular weight is 497 g/mol. The van der Waals surface area contributed by atoms with Gasteiger partial charge in [0.25, 0.3) is 0 Å². The highest BCUT2D eigenvalue weighted by atomic mass is 32.1. The van der Waals surface area contributed by atoms with Gasteiger partial charge in [0, 0.05) is 30.7 Å². The molecule has 0 bridgehead atoms. The molecule has 1 aromatic carbocycles. The number of benzene rings is 1. The molecule has 2 aliphatic rings. The maximum absolute atomic E-state index is 13.7. The third-order valence-corrected chi connectivity index (χ3v) is 8.06. The van der Waals surface area contributed by atoms with Crippen molar-refractivity contribution in [3.63, 3.8) is 0 Å². The van der Waals surface area contributed by atoms with Gasteiger partial charge >= 0.3 is 0 Å². The second-order valence-electron chi connectivity index (χ2n) is 9.68. The first-order valence-corrected chi connectivity index (χ1v) is 13.7. The topological polar surface area (TPSA) is 69.0 Å². The molecule has 2 fully saturated rings. The Bertz CT molecular complexity index is 1110. The molecule has 0 spiro atoms. The zero-order valence-corrected chi connectivity index (χ0v) is 20.9. The fourth-order valence-electron chi connectivity index (χ4n) is 5.14. The molecule has 1 N–H and O–H groups in total. The van der Waals surface area contributed by atoms with Crippen molar-refractivity contribution in [2.24, 2.45) is 5.92 Å². The van der Waals surface area contributed by atoms with Crippen LogP contribution in [0.1, 0.15) is 63.1 Å². The molecule has 3 heterocycles. The Labute approximate surface area is 209 Å².